The molecule has 0 amide bonds. The predicted octanol–water partition coefficient (Wildman–Crippen LogP) is 1.72. The minimum atomic E-state index is -0.469. The fourth-order valence-electron chi connectivity index (χ4n) is 2.80. The van der Waals surface area contributed by atoms with Crippen LogP contribution >= 0.6 is 0 Å². The van der Waals surface area contributed by atoms with Crippen molar-refractivity contribution in [2.24, 2.45) is 7.05 Å². The summed E-state index contributed by atoms with van der Waals surface area (Å²) >= 11 is 0. The minimum Gasteiger partial charge on any atom is -0.399 e. The van der Waals surface area contributed by atoms with Crippen LogP contribution in [-0.2, 0) is 16.4 Å². The Morgan fingerprint density at radius 1 is 1.04 bits per heavy atom. The van der Waals surface area contributed by atoms with E-state index in [9.17, 15) is 0 Å². The second-order valence-corrected chi connectivity index (χ2v) is 7.32. The molecule has 128 valence electrons. The first-order valence-corrected chi connectivity index (χ1v) is 8.23. The molecule has 0 aliphatic carbocycles. The molecule has 1 aliphatic heterocycles. The third-order valence-corrected chi connectivity index (χ3v) is 5.00. The fourth-order valence-corrected chi connectivity index (χ4v) is 2.80. The zero-order valence-corrected chi connectivity index (χ0v) is 15.0. The van der Waals surface area contributed by atoms with E-state index in [4.69, 9.17) is 9.31 Å². The van der Waals surface area contributed by atoms with Gasteiger partial charge < -0.3 is 9.31 Å². The summed E-state index contributed by atoms with van der Waals surface area (Å²) in [4.78, 5) is 13.4. The van der Waals surface area contributed by atoms with E-state index >= 15 is 0 Å². The maximum atomic E-state index is 6.16. The first-order valence-electron chi connectivity index (χ1n) is 8.23. The number of nitrogens with zero attached hydrogens (tertiary/aromatic N) is 5. The SMILES string of the molecule is Cn1cc(-c2ncc3c(B4OC(C)(C)C(C)(C)O4)ccnc3n2)cn1. The van der Waals surface area contributed by atoms with E-state index in [0.717, 1.165) is 16.4 Å². The first-order chi connectivity index (χ1) is 11.8. The van der Waals surface area contributed by atoms with Crippen molar-refractivity contribution in [1.29, 1.82) is 0 Å². The van der Waals surface area contributed by atoms with Gasteiger partial charge in [-0.15, -0.1) is 0 Å². The lowest BCUT2D eigenvalue weighted by molar-refractivity contribution is 0.00578. The largest absolute Gasteiger partial charge is 0.495 e. The van der Waals surface area contributed by atoms with Crippen LogP contribution in [0.4, 0.5) is 0 Å². The van der Waals surface area contributed by atoms with E-state index in [0.29, 0.717) is 11.5 Å². The number of hydrogen-bond donors (Lipinski definition) is 0. The molecule has 1 saturated heterocycles. The van der Waals surface area contributed by atoms with Crippen LogP contribution in [0, 0.1) is 0 Å². The Labute approximate surface area is 146 Å². The lowest BCUT2D eigenvalue weighted by Crippen LogP contribution is -2.41. The average Bonchev–Trinajstić information content (AvgIpc) is 3.07. The van der Waals surface area contributed by atoms with Gasteiger partial charge >= 0.3 is 7.12 Å². The summed E-state index contributed by atoms with van der Waals surface area (Å²) in [6, 6.07) is 1.90. The number of aryl methyl sites for hydroxylation is 1. The topological polar surface area (TPSA) is 75.0 Å². The zero-order valence-electron chi connectivity index (χ0n) is 15.0. The Balaban J connectivity index is 1.77. The Hall–Kier alpha value is -2.32. The van der Waals surface area contributed by atoms with E-state index in [1.165, 1.54) is 0 Å². The second-order valence-electron chi connectivity index (χ2n) is 7.32. The molecule has 0 N–H and O–H groups in total. The third-order valence-electron chi connectivity index (χ3n) is 5.00. The van der Waals surface area contributed by atoms with Crippen molar-refractivity contribution in [1.82, 2.24) is 24.7 Å². The van der Waals surface area contributed by atoms with Gasteiger partial charge in [0, 0.05) is 31.0 Å². The van der Waals surface area contributed by atoms with E-state index in [1.807, 2.05) is 47.0 Å². The Morgan fingerprint density at radius 2 is 1.76 bits per heavy atom. The van der Waals surface area contributed by atoms with Crippen molar-refractivity contribution in [3.63, 3.8) is 0 Å². The Morgan fingerprint density at radius 3 is 2.40 bits per heavy atom. The molecule has 25 heavy (non-hydrogen) atoms. The number of fused-ring (bicyclic) bond motifs is 1. The van der Waals surface area contributed by atoms with Gasteiger partial charge in [0.05, 0.1) is 23.0 Å². The molecule has 0 atom stereocenters. The Bertz CT molecular complexity index is 937. The number of aromatic nitrogens is 5. The summed E-state index contributed by atoms with van der Waals surface area (Å²) in [5, 5.41) is 4.99. The second kappa shape index (κ2) is 5.34. The average molecular weight is 337 g/mol. The molecule has 4 rings (SSSR count). The molecule has 8 heteroatoms. The number of hydrogen-bond acceptors (Lipinski definition) is 6. The molecule has 0 aromatic carbocycles. The van der Waals surface area contributed by atoms with Crippen molar-refractivity contribution in [2.45, 2.75) is 38.9 Å². The summed E-state index contributed by atoms with van der Waals surface area (Å²) < 4.78 is 14.0. The summed E-state index contributed by atoms with van der Waals surface area (Å²) in [7, 11) is 1.39. The molecular weight excluding hydrogens is 317 g/mol. The van der Waals surface area contributed by atoms with E-state index in [1.54, 1.807) is 23.3 Å². The Kier molecular flexibility index (Phi) is 3.45. The van der Waals surface area contributed by atoms with Gasteiger partial charge in [-0.25, -0.2) is 15.0 Å². The van der Waals surface area contributed by atoms with Crippen molar-refractivity contribution in [3.05, 3.63) is 30.9 Å². The van der Waals surface area contributed by atoms with Crippen molar-refractivity contribution >= 4 is 23.6 Å². The molecule has 0 bridgehead atoms. The quantitative estimate of drug-likeness (QED) is 0.663. The highest BCUT2D eigenvalue weighted by Gasteiger charge is 2.52. The van der Waals surface area contributed by atoms with Crippen molar-refractivity contribution in [2.75, 3.05) is 0 Å². The lowest BCUT2D eigenvalue weighted by Gasteiger charge is -2.32. The monoisotopic (exact) mass is 337 g/mol. The lowest BCUT2D eigenvalue weighted by atomic mass is 9.78. The molecule has 0 saturated carbocycles. The third kappa shape index (κ3) is 2.62. The molecule has 4 heterocycles. The molecule has 1 aliphatic rings. The number of rotatable bonds is 2. The van der Waals surface area contributed by atoms with Crippen LogP contribution in [0.2, 0.25) is 0 Å². The maximum Gasteiger partial charge on any atom is 0.495 e. The van der Waals surface area contributed by atoms with Crippen LogP contribution in [0.3, 0.4) is 0 Å². The smallest absolute Gasteiger partial charge is 0.399 e. The van der Waals surface area contributed by atoms with Gasteiger partial charge in [-0.2, -0.15) is 5.10 Å². The van der Waals surface area contributed by atoms with Gasteiger partial charge in [-0.05, 0) is 39.2 Å². The number of pyridine rings is 1. The van der Waals surface area contributed by atoms with Gasteiger partial charge in [0.2, 0.25) is 0 Å². The minimum absolute atomic E-state index is 0.399. The van der Waals surface area contributed by atoms with Gasteiger partial charge in [-0.1, -0.05) is 0 Å². The summed E-state index contributed by atoms with van der Waals surface area (Å²) in [6.07, 6.45) is 7.11. The van der Waals surface area contributed by atoms with E-state index in [-0.39, 0.29) is 0 Å². The predicted molar refractivity (Wildman–Crippen MR) is 95.3 cm³/mol. The van der Waals surface area contributed by atoms with E-state index in [2.05, 4.69) is 20.1 Å². The summed E-state index contributed by atoms with van der Waals surface area (Å²) in [5.41, 5.74) is 1.56. The molecule has 7 nitrogen and oxygen atoms in total. The molecule has 0 spiro atoms. The summed E-state index contributed by atoms with van der Waals surface area (Å²) in [5.74, 6) is 0.596. The standard InChI is InChI=1S/C17H20BN5O2/c1-16(2)17(3,4)25-18(24-16)13-6-7-19-15-12(13)9-20-14(22-15)11-8-21-23(5)10-11/h6-10H,1-5H3. The van der Waals surface area contributed by atoms with Crippen LogP contribution < -0.4 is 5.46 Å². The molecule has 3 aromatic rings. The van der Waals surface area contributed by atoms with Gasteiger partial charge in [0.1, 0.15) is 0 Å². The molecular formula is C17H20BN5O2. The zero-order chi connectivity index (χ0) is 17.8. The van der Waals surface area contributed by atoms with Gasteiger partial charge in [-0.3, -0.25) is 4.68 Å². The van der Waals surface area contributed by atoms with Crippen LogP contribution in [0.25, 0.3) is 22.4 Å². The molecule has 3 aromatic heterocycles. The molecule has 0 unspecified atom stereocenters. The van der Waals surface area contributed by atoms with Crippen LogP contribution in [-0.4, -0.2) is 43.1 Å². The first kappa shape index (κ1) is 16.2. The van der Waals surface area contributed by atoms with Crippen molar-refractivity contribution < 1.29 is 9.31 Å². The highest BCUT2D eigenvalue weighted by molar-refractivity contribution is 6.65. The van der Waals surface area contributed by atoms with Crippen LogP contribution in [0.15, 0.2) is 30.9 Å². The summed E-state index contributed by atoms with van der Waals surface area (Å²) in [6.45, 7) is 8.14. The van der Waals surface area contributed by atoms with E-state index < -0.39 is 18.3 Å². The van der Waals surface area contributed by atoms with Crippen LogP contribution in [0.1, 0.15) is 27.7 Å². The molecule has 0 radical (unpaired) electrons. The maximum absolute atomic E-state index is 6.16. The highest BCUT2D eigenvalue weighted by atomic mass is 16.7. The van der Waals surface area contributed by atoms with Crippen LogP contribution in [0.5, 0.6) is 0 Å². The van der Waals surface area contributed by atoms with Gasteiger partial charge in [0.15, 0.2) is 11.5 Å². The fraction of sp³-hybridized carbons (Fsp3) is 0.412. The molecule has 1 fully saturated rings. The van der Waals surface area contributed by atoms with Crippen molar-refractivity contribution in [3.8, 4) is 11.4 Å². The highest BCUT2D eigenvalue weighted by Crippen LogP contribution is 2.36. The normalized spacial score (nSPS) is 18.8. The van der Waals surface area contributed by atoms with Gasteiger partial charge in [0.25, 0.3) is 0 Å².